The van der Waals surface area contributed by atoms with Gasteiger partial charge >= 0.3 is 0 Å². The van der Waals surface area contributed by atoms with Crippen molar-refractivity contribution >= 4 is 17.4 Å². The summed E-state index contributed by atoms with van der Waals surface area (Å²) in [5.74, 6) is 0. The Hall–Kier alpha value is -0.670. The molecule has 1 aromatic rings. The molecule has 3 heteroatoms. The average molecular weight is 236 g/mol. The largest absolute Gasteiger partial charge is 0.368 e. The molecule has 16 heavy (non-hydrogen) atoms. The molecule has 0 bridgehead atoms. The fourth-order valence-corrected chi connectivity index (χ4v) is 2.83. The maximum atomic E-state index is 3.56. The van der Waals surface area contributed by atoms with Gasteiger partial charge in [0, 0.05) is 30.6 Å². The lowest BCUT2D eigenvalue weighted by Gasteiger charge is -2.35. The van der Waals surface area contributed by atoms with E-state index in [1.165, 1.54) is 17.0 Å². The second-order valence-corrected chi connectivity index (χ2v) is 5.03. The van der Waals surface area contributed by atoms with Crippen LogP contribution in [0.3, 0.4) is 0 Å². The second kappa shape index (κ2) is 5.60. The van der Waals surface area contributed by atoms with Crippen LogP contribution in [0.4, 0.5) is 5.69 Å². The minimum Gasteiger partial charge on any atom is -0.368 e. The van der Waals surface area contributed by atoms with Crippen LogP contribution in [0.2, 0.25) is 0 Å². The molecule has 1 heterocycles. The second-order valence-electron chi connectivity index (χ2n) is 4.18. The van der Waals surface area contributed by atoms with Crippen molar-refractivity contribution in [1.29, 1.82) is 0 Å². The fourth-order valence-electron chi connectivity index (χ4n) is 2.21. The van der Waals surface area contributed by atoms with E-state index in [0.29, 0.717) is 6.04 Å². The summed E-state index contributed by atoms with van der Waals surface area (Å²) < 4.78 is 0. The van der Waals surface area contributed by atoms with Crippen molar-refractivity contribution in [3.8, 4) is 0 Å². The molecule has 2 nitrogen and oxygen atoms in total. The first-order valence-electron chi connectivity index (χ1n) is 5.96. The first kappa shape index (κ1) is 11.8. The average Bonchev–Trinajstić information content (AvgIpc) is 2.38. The Bertz CT molecular complexity index is 340. The van der Waals surface area contributed by atoms with E-state index in [4.69, 9.17) is 0 Å². The van der Waals surface area contributed by atoms with Crippen LogP contribution in [-0.4, -0.2) is 31.9 Å². The molecule has 1 aliphatic heterocycles. The maximum Gasteiger partial charge on any atom is 0.0505 e. The van der Waals surface area contributed by atoms with E-state index in [1.54, 1.807) is 0 Å². The van der Waals surface area contributed by atoms with Crippen molar-refractivity contribution in [2.75, 3.05) is 30.8 Å². The molecule has 1 fully saturated rings. The lowest BCUT2D eigenvalue weighted by Crippen LogP contribution is -2.50. The number of benzene rings is 1. The van der Waals surface area contributed by atoms with Crippen LogP contribution in [0.5, 0.6) is 0 Å². The third-order valence-corrected chi connectivity index (χ3v) is 3.96. The SMILES string of the molecule is CC[C@H]1CN(c2ccccc2SC)CCN1. The van der Waals surface area contributed by atoms with E-state index in [0.717, 1.165) is 19.6 Å². The highest BCUT2D eigenvalue weighted by molar-refractivity contribution is 7.98. The predicted octanol–water partition coefficient (Wildman–Crippen LogP) is 2.60. The molecule has 0 aliphatic carbocycles. The predicted molar refractivity (Wildman–Crippen MR) is 72.5 cm³/mol. The van der Waals surface area contributed by atoms with Gasteiger partial charge < -0.3 is 10.2 Å². The van der Waals surface area contributed by atoms with E-state index in [1.807, 2.05) is 11.8 Å². The molecule has 1 saturated heterocycles. The Balaban J connectivity index is 2.16. The Kier molecular flexibility index (Phi) is 4.13. The van der Waals surface area contributed by atoms with Gasteiger partial charge in [-0.3, -0.25) is 0 Å². The molecule has 0 spiro atoms. The van der Waals surface area contributed by atoms with Gasteiger partial charge in [0.1, 0.15) is 0 Å². The number of anilines is 1. The van der Waals surface area contributed by atoms with Crippen molar-refractivity contribution in [3.05, 3.63) is 24.3 Å². The monoisotopic (exact) mass is 236 g/mol. The summed E-state index contributed by atoms with van der Waals surface area (Å²) in [6, 6.07) is 9.35. The van der Waals surface area contributed by atoms with E-state index >= 15 is 0 Å². The van der Waals surface area contributed by atoms with Crippen molar-refractivity contribution in [1.82, 2.24) is 5.32 Å². The summed E-state index contributed by atoms with van der Waals surface area (Å²) >= 11 is 1.84. The molecule has 0 amide bonds. The van der Waals surface area contributed by atoms with Crippen LogP contribution < -0.4 is 10.2 Å². The first-order chi connectivity index (χ1) is 7.85. The molecule has 1 N–H and O–H groups in total. The zero-order valence-electron chi connectivity index (χ0n) is 10.1. The van der Waals surface area contributed by atoms with E-state index < -0.39 is 0 Å². The number of hydrogen-bond acceptors (Lipinski definition) is 3. The minimum absolute atomic E-state index is 0.642. The molecule has 0 aromatic heterocycles. The summed E-state index contributed by atoms with van der Waals surface area (Å²) in [4.78, 5) is 3.90. The minimum atomic E-state index is 0.642. The van der Waals surface area contributed by atoms with Gasteiger partial charge in [0.05, 0.1) is 5.69 Å². The number of thioether (sulfide) groups is 1. The Morgan fingerprint density at radius 1 is 1.44 bits per heavy atom. The molecule has 88 valence electrons. The van der Waals surface area contributed by atoms with Gasteiger partial charge in [-0.2, -0.15) is 0 Å². The number of piperazine rings is 1. The number of para-hydroxylation sites is 1. The van der Waals surface area contributed by atoms with Crippen molar-refractivity contribution in [2.45, 2.75) is 24.3 Å². The van der Waals surface area contributed by atoms with Gasteiger partial charge in [0.2, 0.25) is 0 Å². The number of nitrogens with zero attached hydrogens (tertiary/aromatic N) is 1. The van der Waals surface area contributed by atoms with Crippen LogP contribution in [0, 0.1) is 0 Å². The van der Waals surface area contributed by atoms with Crippen LogP contribution in [0.25, 0.3) is 0 Å². The zero-order valence-corrected chi connectivity index (χ0v) is 10.9. The summed E-state index contributed by atoms with van der Waals surface area (Å²) in [7, 11) is 0. The zero-order chi connectivity index (χ0) is 11.4. The van der Waals surface area contributed by atoms with Gasteiger partial charge in [-0.1, -0.05) is 19.1 Å². The maximum absolute atomic E-state index is 3.56. The Morgan fingerprint density at radius 3 is 3.00 bits per heavy atom. The van der Waals surface area contributed by atoms with Crippen molar-refractivity contribution in [2.24, 2.45) is 0 Å². The third-order valence-electron chi connectivity index (χ3n) is 3.17. The lowest BCUT2D eigenvalue weighted by atomic mass is 10.1. The van der Waals surface area contributed by atoms with E-state index in [2.05, 4.69) is 47.7 Å². The highest BCUT2D eigenvalue weighted by atomic mass is 32.2. The topological polar surface area (TPSA) is 15.3 Å². The molecule has 1 aromatic carbocycles. The Morgan fingerprint density at radius 2 is 2.25 bits per heavy atom. The first-order valence-corrected chi connectivity index (χ1v) is 7.19. The van der Waals surface area contributed by atoms with Gasteiger partial charge in [0.15, 0.2) is 0 Å². The summed E-state index contributed by atoms with van der Waals surface area (Å²) in [5, 5.41) is 3.56. The quantitative estimate of drug-likeness (QED) is 0.812. The van der Waals surface area contributed by atoms with Crippen LogP contribution in [-0.2, 0) is 0 Å². The van der Waals surface area contributed by atoms with E-state index in [9.17, 15) is 0 Å². The lowest BCUT2D eigenvalue weighted by molar-refractivity contribution is 0.446. The normalized spacial score (nSPS) is 21.1. The molecular weight excluding hydrogens is 216 g/mol. The number of hydrogen-bond donors (Lipinski definition) is 1. The highest BCUT2D eigenvalue weighted by Gasteiger charge is 2.19. The van der Waals surface area contributed by atoms with Crippen molar-refractivity contribution in [3.63, 3.8) is 0 Å². The van der Waals surface area contributed by atoms with Gasteiger partial charge in [-0.15, -0.1) is 11.8 Å². The third kappa shape index (κ3) is 2.53. The number of nitrogens with one attached hydrogen (secondary N) is 1. The van der Waals surface area contributed by atoms with Gasteiger partial charge in [-0.25, -0.2) is 0 Å². The van der Waals surface area contributed by atoms with Crippen molar-refractivity contribution < 1.29 is 0 Å². The fraction of sp³-hybridized carbons (Fsp3) is 0.538. The molecule has 0 radical (unpaired) electrons. The van der Waals surface area contributed by atoms with Crippen LogP contribution in [0.15, 0.2) is 29.2 Å². The summed E-state index contributed by atoms with van der Waals surface area (Å²) in [6.07, 6.45) is 3.36. The molecule has 2 rings (SSSR count). The summed E-state index contributed by atoms with van der Waals surface area (Å²) in [5.41, 5.74) is 1.40. The van der Waals surface area contributed by atoms with Crippen LogP contribution >= 0.6 is 11.8 Å². The molecule has 1 atom stereocenters. The number of rotatable bonds is 3. The Labute approximate surface area is 102 Å². The molecular formula is C13H20N2S. The standard InChI is InChI=1S/C13H20N2S/c1-3-11-10-15(9-8-14-11)12-6-4-5-7-13(12)16-2/h4-7,11,14H,3,8-10H2,1-2H3/t11-/m0/s1. The molecule has 0 saturated carbocycles. The smallest absolute Gasteiger partial charge is 0.0505 e. The molecule has 1 aliphatic rings. The van der Waals surface area contributed by atoms with Crippen LogP contribution in [0.1, 0.15) is 13.3 Å². The summed E-state index contributed by atoms with van der Waals surface area (Å²) in [6.45, 7) is 5.60. The van der Waals surface area contributed by atoms with Gasteiger partial charge in [0.25, 0.3) is 0 Å². The highest BCUT2D eigenvalue weighted by Crippen LogP contribution is 2.29. The van der Waals surface area contributed by atoms with E-state index in [-0.39, 0.29) is 0 Å². The molecule has 0 unspecified atom stereocenters. The van der Waals surface area contributed by atoms with Gasteiger partial charge in [-0.05, 0) is 24.8 Å².